The fourth-order valence-corrected chi connectivity index (χ4v) is 2.35. The van der Waals surface area contributed by atoms with E-state index in [-0.39, 0.29) is 6.10 Å². The van der Waals surface area contributed by atoms with Gasteiger partial charge in [0.2, 0.25) is 5.13 Å². The number of aromatic nitrogens is 1. The average molecular weight is 289 g/mol. The summed E-state index contributed by atoms with van der Waals surface area (Å²) in [6.45, 7) is 8.07. The van der Waals surface area contributed by atoms with Gasteiger partial charge in [-0.05, 0) is 57.5 Å². The van der Waals surface area contributed by atoms with Crippen LogP contribution in [0.5, 0.6) is 5.75 Å². The fraction of sp³-hybridized carbons (Fsp3) is 0.333. The first-order valence-corrected chi connectivity index (χ1v) is 7.36. The molecule has 1 heterocycles. The Morgan fingerprint density at radius 1 is 1.25 bits per heavy atom. The molecule has 0 atom stereocenters. The van der Waals surface area contributed by atoms with Gasteiger partial charge < -0.3 is 4.74 Å². The number of rotatable bonds is 5. The van der Waals surface area contributed by atoms with Crippen molar-refractivity contribution in [2.24, 2.45) is 5.10 Å². The summed E-state index contributed by atoms with van der Waals surface area (Å²) in [5, 5.41) is 5.00. The van der Waals surface area contributed by atoms with E-state index in [4.69, 9.17) is 4.74 Å². The molecule has 2 aromatic rings. The van der Waals surface area contributed by atoms with Gasteiger partial charge in [0.25, 0.3) is 0 Å². The second-order valence-corrected chi connectivity index (χ2v) is 5.97. The summed E-state index contributed by atoms with van der Waals surface area (Å²) in [6, 6.07) is 7.83. The summed E-state index contributed by atoms with van der Waals surface area (Å²) in [5.41, 5.74) is 5.00. The van der Waals surface area contributed by atoms with Crippen LogP contribution < -0.4 is 10.2 Å². The predicted molar refractivity (Wildman–Crippen MR) is 85.0 cm³/mol. The Kier molecular flexibility index (Phi) is 4.74. The smallest absolute Gasteiger partial charge is 0.203 e. The lowest BCUT2D eigenvalue weighted by Crippen LogP contribution is -2.05. The Balaban J connectivity index is 1.94. The molecule has 2 rings (SSSR count). The zero-order valence-corrected chi connectivity index (χ0v) is 13.0. The van der Waals surface area contributed by atoms with E-state index >= 15 is 0 Å². The standard InChI is InChI=1S/C15H19N3OS/c1-10(2)19-14-7-5-13(6-8-14)9-16-18-15-17-11(3)12(4)20-15/h5-10H,1-4H3,(H,17,18)/b16-9-. The number of aryl methyl sites for hydroxylation is 2. The molecule has 0 unspecified atom stereocenters. The SMILES string of the molecule is Cc1nc(N/N=C\c2ccc(OC(C)C)cc2)sc1C. The fourth-order valence-electron chi connectivity index (χ4n) is 1.59. The summed E-state index contributed by atoms with van der Waals surface area (Å²) in [4.78, 5) is 5.57. The molecule has 0 bridgehead atoms. The van der Waals surface area contributed by atoms with E-state index in [0.717, 1.165) is 22.1 Å². The number of benzene rings is 1. The zero-order chi connectivity index (χ0) is 14.5. The number of thiazole rings is 1. The topological polar surface area (TPSA) is 46.5 Å². The number of nitrogens with zero attached hydrogens (tertiary/aromatic N) is 2. The molecule has 5 heteroatoms. The van der Waals surface area contributed by atoms with Crippen LogP contribution >= 0.6 is 11.3 Å². The van der Waals surface area contributed by atoms with E-state index in [1.54, 1.807) is 17.6 Å². The molecule has 1 N–H and O–H groups in total. The van der Waals surface area contributed by atoms with Gasteiger partial charge >= 0.3 is 0 Å². The summed E-state index contributed by atoms with van der Waals surface area (Å²) in [7, 11) is 0. The van der Waals surface area contributed by atoms with Gasteiger partial charge in [0.1, 0.15) is 5.75 Å². The zero-order valence-electron chi connectivity index (χ0n) is 12.2. The monoisotopic (exact) mass is 289 g/mol. The van der Waals surface area contributed by atoms with E-state index < -0.39 is 0 Å². The normalized spacial score (nSPS) is 11.2. The van der Waals surface area contributed by atoms with Crippen LogP contribution in [0.3, 0.4) is 0 Å². The van der Waals surface area contributed by atoms with E-state index in [1.807, 2.05) is 45.0 Å². The molecule has 0 radical (unpaired) electrons. The number of ether oxygens (including phenoxy) is 1. The van der Waals surface area contributed by atoms with Crippen LogP contribution in [0, 0.1) is 13.8 Å². The first kappa shape index (κ1) is 14.5. The van der Waals surface area contributed by atoms with Crippen molar-refractivity contribution in [3.05, 3.63) is 40.4 Å². The van der Waals surface area contributed by atoms with Gasteiger partial charge in [-0.3, -0.25) is 5.43 Å². The highest BCUT2D eigenvalue weighted by molar-refractivity contribution is 7.15. The Bertz CT molecular complexity index is 568. The second kappa shape index (κ2) is 6.52. The summed E-state index contributed by atoms with van der Waals surface area (Å²) < 4.78 is 5.59. The third kappa shape index (κ3) is 4.06. The molecule has 1 aromatic carbocycles. The Morgan fingerprint density at radius 2 is 1.95 bits per heavy atom. The van der Waals surface area contributed by atoms with Crippen LogP contribution in [0.4, 0.5) is 5.13 Å². The maximum absolute atomic E-state index is 5.59. The minimum absolute atomic E-state index is 0.188. The quantitative estimate of drug-likeness (QED) is 0.668. The van der Waals surface area contributed by atoms with Crippen molar-refractivity contribution in [2.45, 2.75) is 33.8 Å². The highest BCUT2D eigenvalue weighted by Crippen LogP contribution is 2.20. The molecule has 1 aromatic heterocycles. The third-order valence-corrected chi connectivity index (χ3v) is 3.63. The molecular formula is C15H19N3OS. The Labute approximate surface area is 123 Å². The number of nitrogens with one attached hydrogen (secondary N) is 1. The van der Waals surface area contributed by atoms with Crippen molar-refractivity contribution in [1.29, 1.82) is 0 Å². The molecule has 0 saturated carbocycles. The van der Waals surface area contributed by atoms with Crippen molar-refractivity contribution in [3.8, 4) is 5.75 Å². The number of anilines is 1. The first-order chi connectivity index (χ1) is 9.54. The molecule has 0 aliphatic carbocycles. The van der Waals surface area contributed by atoms with E-state index in [9.17, 15) is 0 Å². The van der Waals surface area contributed by atoms with Gasteiger partial charge in [0.05, 0.1) is 18.0 Å². The van der Waals surface area contributed by atoms with Gasteiger partial charge in [0, 0.05) is 4.88 Å². The predicted octanol–water partition coefficient (Wildman–Crippen LogP) is 3.99. The molecule has 0 amide bonds. The number of hydrogen-bond acceptors (Lipinski definition) is 5. The Morgan fingerprint density at radius 3 is 2.50 bits per heavy atom. The van der Waals surface area contributed by atoms with Crippen LogP contribution in [0.2, 0.25) is 0 Å². The molecule has 106 valence electrons. The van der Waals surface area contributed by atoms with Crippen LogP contribution in [0.15, 0.2) is 29.4 Å². The van der Waals surface area contributed by atoms with Gasteiger partial charge in [-0.1, -0.05) is 0 Å². The largest absolute Gasteiger partial charge is 0.491 e. The van der Waals surface area contributed by atoms with Gasteiger partial charge in [-0.25, -0.2) is 4.98 Å². The van der Waals surface area contributed by atoms with Crippen molar-refractivity contribution in [3.63, 3.8) is 0 Å². The van der Waals surface area contributed by atoms with Crippen LogP contribution in [0.25, 0.3) is 0 Å². The summed E-state index contributed by atoms with van der Waals surface area (Å²) in [5.74, 6) is 0.872. The van der Waals surface area contributed by atoms with Crippen molar-refractivity contribution < 1.29 is 4.74 Å². The lowest BCUT2D eigenvalue weighted by Gasteiger charge is -2.08. The third-order valence-electron chi connectivity index (χ3n) is 2.65. The molecule has 0 aliphatic rings. The minimum atomic E-state index is 0.188. The maximum Gasteiger partial charge on any atom is 0.203 e. The van der Waals surface area contributed by atoms with E-state index in [1.165, 1.54) is 4.88 Å². The molecule has 20 heavy (non-hydrogen) atoms. The molecule has 0 aliphatic heterocycles. The van der Waals surface area contributed by atoms with Gasteiger partial charge in [-0.15, -0.1) is 11.3 Å². The van der Waals surface area contributed by atoms with Crippen molar-refractivity contribution in [1.82, 2.24) is 4.98 Å². The minimum Gasteiger partial charge on any atom is -0.491 e. The highest BCUT2D eigenvalue weighted by Gasteiger charge is 2.01. The van der Waals surface area contributed by atoms with Crippen LogP contribution in [0.1, 0.15) is 30.0 Å². The van der Waals surface area contributed by atoms with Crippen LogP contribution in [-0.2, 0) is 0 Å². The Hall–Kier alpha value is -1.88. The molecule has 0 saturated heterocycles. The summed E-state index contributed by atoms with van der Waals surface area (Å²) >= 11 is 1.60. The first-order valence-electron chi connectivity index (χ1n) is 6.54. The van der Waals surface area contributed by atoms with Crippen LogP contribution in [-0.4, -0.2) is 17.3 Å². The van der Waals surface area contributed by atoms with Crippen molar-refractivity contribution in [2.75, 3.05) is 5.43 Å². The van der Waals surface area contributed by atoms with Gasteiger partial charge in [-0.2, -0.15) is 5.10 Å². The highest BCUT2D eigenvalue weighted by atomic mass is 32.1. The molecule has 0 fully saturated rings. The van der Waals surface area contributed by atoms with Crippen molar-refractivity contribution >= 4 is 22.7 Å². The number of hydrazone groups is 1. The molecule has 0 spiro atoms. The molecule has 4 nitrogen and oxygen atoms in total. The average Bonchev–Trinajstić information content (AvgIpc) is 2.70. The number of hydrogen-bond donors (Lipinski definition) is 1. The van der Waals surface area contributed by atoms with E-state index in [2.05, 4.69) is 22.4 Å². The molecular weight excluding hydrogens is 270 g/mol. The van der Waals surface area contributed by atoms with Gasteiger partial charge in [0.15, 0.2) is 0 Å². The van der Waals surface area contributed by atoms with E-state index in [0.29, 0.717) is 0 Å². The lowest BCUT2D eigenvalue weighted by atomic mass is 10.2. The maximum atomic E-state index is 5.59. The summed E-state index contributed by atoms with van der Waals surface area (Å²) in [6.07, 6.45) is 1.96. The second-order valence-electron chi connectivity index (χ2n) is 4.77. The lowest BCUT2D eigenvalue weighted by molar-refractivity contribution is 0.242.